The van der Waals surface area contributed by atoms with Crippen LogP contribution in [-0.4, -0.2) is 33.3 Å². The molecule has 104 valence electrons. The van der Waals surface area contributed by atoms with Crippen molar-refractivity contribution in [3.05, 3.63) is 24.3 Å². The second-order valence-corrected chi connectivity index (χ2v) is 4.92. The molecule has 19 heavy (non-hydrogen) atoms. The van der Waals surface area contributed by atoms with Crippen LogP contribution in [0.5, 0.6) is 5.75 Å². The van der Waals surface area contributed by atoms with E-state index in [1.165, 1.54) is 12.4 Å². The predicted molar refractivity (Wildman–Crippen MR) is 71.6 cm³/mol. The first-order chi connectivity index (χ1) is 8.87. The largest absolute Gasteiger partial charge is 0.505 e. The van der Waals surface area contributed by atoms with Gasteiger partial charge < -0.3 is 15.2 Å². The van der Waals surface area contributed by atoms with Crippen molar-refractivity contribution in [2.75, 3.05) is 6.54 Å². The van der Waals surface area contributed by atoms with E-state index >= 15 is 0 Å². The summed E-state index contributed by atoms with van der Waals surface area (Å²) in [5, 5.41) is 11.7. The number of carbonyl (C=O) groups is 1. The third-order valence-corrected chi connectivity index (χ3v) is 1.90. The molecule has 1 aromatic rings. The summed E-state index contributed by atoms with van der Waals surface area (Å²) < 4.78 is 5.09. The van der Waals surface area contributed by atoms with Gasteiger partial charge >= 0.3 is 6.09 Å². The van der Waals surface area contributed by atoms with Gasteiger partial charge in [0.1, 0.15) is 5.60 Å². The molecule has 0 unspecified atom stereocenters. The van der Waals surface area contributed by atoms with Gasteiger partial charge in [-0.25, -0.2) is 14.8 Å². The molecule has 0 fully saturated rings. The van der Waals surface area contributed by atoms with Gasteiger partial charge in [0, 0.05) is 6.54 Å². The van der Waals surface area contributed by atoms with Crippen LogP contribution in [0.2, 0.25) is 0 Å². The summed E-state index contributed by atoms with van der Waals surface area (Å²) in [5.41, 5.74) is -0.486. The van der Waals surface area contributed by atoms with Crippen molar-refractivity contribution in [3.63, 3.8) is 0 Å². The smallest absolute Gasteiger partial charge is 0.407 e. The second kappa shape index (κ2) is 6.72. The number of hydrogen-bond donors (Lipinski definition) is 2. The number of amides is 1. The first-order valence-corrected chi connectivity index (χ1v) is 6.01. The van der Waals surface area contributed by atoms with Gasteiger partial charge in [0.25, 0.3) is 0 Å². The van der Waals surface area contributed by atoms with Crippen LogP contribution in [0, 0.1) is 0 Å². The molecule has 0 spiro atoms. The Kier molecular flexibility index (Phi) is 5.29. The minimum atomic E-state index is -0.486. The van der Waals surface area contributed by atoms with Gasteiger partial charge in [-0.2, -0.15) is 0 Å². The van der Waals surface area contributed by atoms with Crippen LogP contribution in [-0.2, 0) is 4.74 Å². The molecule has 0 bridgehead atoms. The van der Waals surface area contributed by atoms with Crippen LogP contribution >= 0.6 is 0 Å². The zero-order chi connectivity index (χ0) is 14.3. The number of nitrogens with one attached hydrogen (secondary N) is 1. The van der Waals surface area contributed by atoms with Crippen LogP contribution < -0.4 is 5.32 Å². The predicted octanol–water partition coefficient (Wildman–Crippen LogP) is 2.11. The Balaban J connectivity index is 2.24. The van der Waals surface area contributed by atoms with E-state index in [1.54, 1.807) is 6.08 Å². The maximum atomic E-state index is 11.3. The van der Waals surface area contributed by atoms with Crippen molar-refractivity contribution in [3.8, 4) is 5.75 Å². The Hall–Kier alpha value is -2.11. The molecule has 0 saturated carbocycles. The molecule has 0 radical (unpaired) electrons. The Bertz CT molecular complexity index is 435. The normalized spacial score (nSPS) is 11.5. The Labute approximate surface area is 112 Å². The van der Waals surface area contributed by atoms with Crippen molar-refractivity contribution in [1.82, 2.24) is 15.3 Å². The number of ether oxygens (including phenoxy) is 1. The molecule has 1 aromatic heterocycles. The molecule has 6 nitrogen and oxygen atoms in total. The van der Waals surface area contributed by atoms with Gasteiger partial charge in [0.05, 0.1) is 12.4 Å². The molecular weight excluding hydrogens is 246 g/mol. The van der Waals surface area contributed by atoms with Crippen molar-refractivity contribution in [2.45, 2.75) is 32.8 Å². The molecule has 0 aliphatic carbocycles. The van der Waals surface area contributed by atoms with Crippen molar-refractivity contribution < 1.29 is 14.6 Å². The molecule has 1 rings (SSSR count). The summed E-state index contributed by atoms with van der Waals surface area (Å²) in [7, 11) is 0. The summed E-state index contributed by atoms with van der Waals surface area (Å²) in [6, 6.07) is 0. The highest BCUT2D eigenvalue weighted by molar-refractivity contribution is 5.67. The number of rotatable bonds is 4. The summed E-state index contributed by atoms with van der Waals surface area (Å²) in [6.45, 7) is 5.92. The first kappa shape index (κ1) is 14.9. The molecule has 0 aromatic carbocycles. The van der Waals surface area contributed by atoms with E-state index in [1.807, 2.05) is 26.8 Å². The van der Waals surface area contributed by atoms with Crippen molar-refractivity contribution >= 4 is 12.2 Å². The van der Waals surface area contributed by atoms with E-state index < -0.39 is 11.7 Å². The molecule has 0 atom stereocenters. The van der Waals surface area contributed by atoms with E-state index in [0.717, 1.165) is 0 Å². The molecular formula is C13H19N3O3. The summed E-state index contributed by atoms with van der Waals surface area (Å²) >= 11 is 0. The second-order valence-electron chi connectivity index (χ2n) is 4.92. The third kappa shape index (κ3) is 7.03. The van der Waals surface area contributed by atoms with E-state index in [-0.39, 0.29) is 5.75 Å². The van der Waals surface area contributed by atoms with Gasteiger partial charge in [-0.1, -0.05) is 6.08 Å². The number of aromatic nitrogens is 2. The van der Waals surface area contributed by atoms with Gasteiger partial charge in [0.2, 0.25) is 0 Å². The molecule has 0 aliphatic rings. The molecule has 0 saturated heterocycles. The topological polar surface area (TPSA) is 84.3 Å². The SMILES string of the molecule is CC(C)(C)OC(=O)NCCC=Cc1ncc(O)cn1. The highest BCUT2D eigenvalue weighted by Crippen LogP contribution is 2.06. The fourth-order valence-corrected chi connectivity index (χ4v) is 1.18. The highest BCUT2D eigenvalue weighted by atomic mass is 16.6. The average molecular weight is 265 g/mol. The monoisotopic (exact) mass is 265 g/mol. The molecule has 1 heterocycles. The Morgan fingerprint density at radius 3 is 2.63 bits per heavy atom. The van der Waals surface area contributed by atoms with Gasteiger partial charge in [-0.15, -0.1) is 0 Å². The van der Waals surface area contributed by atoms with Crippen LogP contribution in [0.25, 0.3) is 6.08 Å². The Morgan fingerprint density at radius 2 is 2.05 bits per heavy atom. The average Bonchev–Trinajstić information content (AvgIpc) is 2.29. The quantitative estimate of drug-likeness (QED) is 0.814. The lowest BCUT2D eigenvalue weighted by atomic mass is 10.2. The van der Waals surface area contributed by atoms with Gasteiger partial charge in [-0.3, -0.25) is 0 Å². The molecule has 6 heteroatoms. The van der Waals surface area contributed by atoms with Crippen LogP contribution in [0.15, 0.2) is 18.5 Å². The van der Waals surface area contributed by atoms with Crippen LogP contribution in [0.4, 0.5) is 4.79 Å². The maximum absolute atomic E-state index is 11.3. The molecule has 0 aliphatic heterocycles. The lowest BCUT2D eigenvalue weighted by Gasteiger charge is -2.19. The minimum Gasteiger partial charge on any atom is -0.505 e. The van der Waals surface area contributed by atoms with E-state index in [2.05, 4.69) is 15.3 Å². The van der Waals surface area contributed by atoms with Crippen LogP contribution in [0.3, 0.4) is 0 Å². The minimum absolute atomic E-state index is 0.0312. The summed E-state index contributed by atoms with van der Waals surface area (Å²) in [4.78, 5) is 19.1. The van der Waals surface area contributed by atoms with Crippen molar-refractivity contribution in [1.29, 1.82) is 0 Å². The lowest BCUT2D eigenvalue weighted by Crippen LogP contribution is -2.32. The fraction of sp³-hybridized carbons (Fsp3) is 0.462. The number of carbonyl (C=O) groups excluding carboxylic acids is 1. The number of alkyl carbamates (subject to hydrolysis) is 1. The first-order valence-electron chi connectivity index (χ1n) is 6.01. The highest BCUT2D eigenvalue weighted by Gasteiger charge is 2.15. The van der Waals surface area contributed by atoms with Crippen molar-refractivity contribution in [2.24, 2.45) is 0 Å². The van der Waals surface area contributed by atoms with E-state index in [0.29, 0.717) is 18.8 Å². The molecule has 1 amide bonds. The lowest BCUT2D eigenvalue weighted by molar-refractivity contribution is 0.0529. The van der Waals surface area contributed by atoms with Crippen LogP contribution in [0.1, 0.15) is 33.0 Å². The molecule has 2 N–H and O–H groups in total. The standard InChI is InChI=1S/C13H19N3O3/c1-13(2,3)19-12(18)14-7-5-4-6-11-15-8-10(17)9-16-11/h4,6,8-9,17H,5,7H2,1-3H3,(H,14,18). The van der Waals surface area contributed by atoms with Gasteiger partial charge in [0.15, 0.2) is 11.6 Å². The van der Waals surface area contributed by atoms with Gasteiger partial charge in [-0.05, 0) is 33.3 Å². The number of nitrogens with zero attached hydrogens (tertiary/aromatic N) is 2. The fourth-order valence-electron chi connectivity index (χ4n) is 1.18. The van der Waals surface area contributed by atoms with E-state index in [4.69, 9.17) is 9.84 Å². The van der Waals surface area contributed by atoms with E-state index in [9.17, 15) is 4.79 Å². The third-order valence-electron chi connectivity index (χ3n) is 1.90. The Morgan fingerprint density at radius 1 is 1.42 bits per heavy atom. The number of aromatic hydroxyl groups is 1. The zero-order valence-electron chi connectivity index (χ0n) is 11.4. The summed E-state index contributed by atoms with van der Waals surface area (Å²) in [5.74, 6) is 0.541. The number of hydrogen-bond acceptors (Lipinski definition) is 5. The summed E-state index contributed by atoms with van der Waals surface area (Å²) in [6.07, 6.45) is 6.42. The maximum Gasteiger partial charge on any atom is 0.407 e. The zero-order valence-corrected chi connectivity index (χ0v) is 11.4.